The fourth-order valence-corrected chi connectivity index (χ4v) is 2.71. The van der Waals surface area contributed by atoms with Gasteiger partial charge in [0.2, 0.25) is 5.91 Å². The first kappa shape index (κ1) is 16.0. The third kappa shape index (κ3) is 4.27. The highest BCUT2D eigenvalue weighted by Crippen LogP contribution is 2.27. The van der Waals surface area contributed by atoms with E-state index in [-0.39, 0.29) is 17.6 Å². The number of piperidine rings is 1. The van der Waals surface area contributed by atoms with Crippen LogP contribution in [0.15, 0.2) is 24.3 Å². The van der Waals surface area contributed by atoms with Crippen LogP contribution in [0.3, 0.4) is 0 Å². The quantitative estimate of drug-likeness (QED) is 0.927. The summed E-state index contributed by atoms with van der Waals surface area (Å²) in [4.78, 5) is 14.0. The monoisotopic (exact) mass is 293 g/mol. The third-order valence-electron chi connectivity index (χ3n) is 4.57. The fraction of sp³-hybridized carbons (Fsp3) is 0.588. The number of rotatable bonds is 4. The zero-order valence-corrected chi connectivity index (χ0v) is 12.8. The lowest BCUT2D eigenvalue weighted by Gasteiger charge is -2.41. The van der Waals surface area contributed by atoms with Gasteiger partial charge >= 0.3 is 0 Å². The van der Waals surface area contributed by atoms with Crippen LogP contribution in [0.4, 0.5) is 4.39 Å². The molecule has 0 spiro atoms. The Kier molecular flexibility index (Phi) is 4.99. The lowest BCUT2D eigenvalue weighted by atomic mass is 9.84. The number of hydrogen-bond acceptors (Lipinski definition) is 2. The molecule has 1 fully saturated rings. The Morgan fingerprint density at radius 3 is 2.71 bits per heavy atom. The molecule has 0 aromatic heterocycles. The number of aliphatic hydroxyl groups is 1. The van der Waals surface area contributed by atoms with E-state index in [9.17, 15) is 14.3 Å². The molecule has 1 aromatic rings. The first-order valence-corrected chi connectivity index (χ1v) is 7.63. The van der Waals surface area contributed by atoms with Crippen LogP contribution in [0.2, 0.25) is 0 Å². The van der Waals surface area contributed by atoms with Crippen molar-refractivity contribution >= 4 is 5.91 Å². The van der Waals surface area contributed by atoms with Crippen LogP contribution in [-0.2, 0) is 11.2 Å². The lowest BCUT2D eigenvalue weighted by Crippen LogP contribution is -2.50. The molecule has 1 aromatic carbocycles. The van der Waals surface area contributed by atoms with Gasteiger partial charge in [-0.2, -0.15) is 0 Å². The van der Waals surface area contributed by atoms with E-state index in [0.717, 1.165) is 18.4 Å². The van der Waals surface area contributed by atoms with Crippen molar-refractivity contribution in [2.24, 2.45) is 5.92 Å². The second kappa shape index (κ2) is 6.56. The molecule has 4 heteroatoms. The van der Waals surface area contributed by atoms with E-state index in [1.807, 2.05) is 18.7 Å². The predicted octanol–water partition coefficient (Wildman–Crippen LogP) is 2.77. The van der Waals surface area contributed by atoms with E-state index in [4.69, 9.17) is 0 Å². The van der Waals surface area contributed by atoms with Crippen LogP contribution in [0.5, 0.6) is 0 Å². The Hall–Kier alpha value is -1.42. The van der Waals surface area contributed by atoms with Crippen molar-refractivity contribution in [3.8, 4) is 0 Å². The SMILES string of the molecule is C[C@@H]1CN(C(=O)CCCc2ccc(F)cc2)CC[C@]1(C)O. The Morgan fingerprint density at radius 1 is 1.43 bits per heavy atom. The van der Waals surface area contributed by atoms with Crippen molar-refractivity contribution in [1.29, 1.82) is 0 Å². The van der Waals surface area contributed by atoms with E-state index in [0.29, 0.717) is 25.9 Å². The summed E-state index contributed by atoms with van der Waals surface area (Å²) < 4.78 is 12.8. The molecule has 0 saturated carbocycles. The standard InChI is InChI=1S/C17H24FNO2/c1-13-12-19(11-10-17(13,2)21)16(20)5-3-4-14-6-8-15(18)9-7-14/h6-9,13,21H,3-5,10-12H2,1-2H3/t13-,17+/m1/s1. The van der Waals surface area contributed by atoms with Gasteiger partial charge in [-0.3, -0.25) is 4.79 Å². The van der Waals surface area contributed by atoms with Gasteiger partial charge in [-0.1, -0.05) is 19.1 Å². The van der Waals surface area contributed by atoms with Crippen LogP contribution in [0.1, 0.15) is 38.7 Å². The van der Waals surface area contributed by atoms with E-state index in [1.165, 1.54) is 12.1 Å². The topological polar surface area (TPSA) is 40.5 Å². The molecule has 2 atom stereocenters. The van der Waals surface area contributed by atoms with Crippen molar-refractivity contribution in [3.05, 3.63) is 35.6 Å². The summed E-state index contributed by atoms with van der Waals surface area (Å²) in [7, 11) is 0. The Balaban J connectivity index is 1.76. The predicted molar refractivity (Wildman–Crippen MR) is 80.3 cm³/mol. The lowest BCUT2D eigenvalue weighted by molar-refractivity contribution is -0.138. The molecule has 116 valence electrons. The minimum absolute atomic E-state index is 0.104. The molecule has 1 aliphatic rings. The van der Waals surface area contributed by atoms with Gasteiger partial charge in [0.05, 0.1) is 5.60 Å². The van der Waals surface area contributed by atoms with Crippen molar-refractivity contribution in [2.45, 2.75) is 45.1 Å². The summed E-state index contributed by atoms with van der Waals surface area (Å²) in [6.45, 7) is 5.08. The molecule has 0 unspecified atom stereocenters. The van der Waals surface area contributed by atoms with Crippen LogP contribution in [0.25, 0.3) is 0 Å². The number of halogens is 1. The minimum atomic E-state index is -0.662. The maximum absolute atomic E-state index is 12.8. The first-order chi connectivity index (χ1) is 9.88. The number of aryl methyl sites for hydroxylation is 1. The fourth-order valence-electron chi connectivity index (χ4n) is 2.71. The molecule has 1 heterocycles. The summed E-state index contributed by atoms with van der Waals surface area (Å²) >= 11 is 0. The van der Waals surface area contributed by atoms with Crippen molar-refractivity contribution < 1.29 is 14.3 Å². The van der Waals surface area contributed by atoms with Crippen molar-refractivity contribution in [1.82, 2.24) is 4.90 Å². The van der Waals surface area contributed by atoms with Crippen LogP contribution >= 0.6 is 0 Å². The highest BCUT2D eigenvalue weighted by Gasteiger charge is 2.35. The molecule has 1 N–H and O–H groups in total. The number of carbonyl (C=O) groups excluding carboxylic acids is 1. The van der Waals surface area contributed by atoms with E-state index >= 15 is 0 Å². The summed E-state index contributed by atoms with van der Waals surface area (Å²) in [5.41, 5.74) is 0.393. The molecule has 3 nitrogen and oxygen atoms in total. The molecule has 2 rings (SSSR count). The normalized spacial score (nSPS) is 25.9. The Labute approximate surface area is 125 Å². The minimum Gasteiger partial charge on any atom is -0.390 e. The maximum Gasteiger partial charge on any atom is 0.222 e. The highest BCUT2D eigenvalue weighted by molar-refractivity contribution is 5.76. The van der Waals surface area contributed by atoms with E-state index < -0.39 is 5.60 Å². The summed E-state index contributed by atoms with van der Waals surface area (Å²) in [6.07, 6.45) is 2.70. The molecular formula is C17H24FNO2. The molecule has 1 aliphatic heterocycles. The van der Waals surface area contributed by atoms with Crippen LogP contribution < -0.4 is 0 Å². The second-order valence-electron chi connectivity index (χ2n) is 6.33. The van der Waals surface area contributed by atoms with Gasteiger partial charge in [-0.25, -0.2) is 4.39 Å². The largest absolute Gasteiger partial charge is 0.390 e. The Morgan fingerprint density at radius 2 is 2.10 bits per heavy atom. The number of amides is 1. The van der Waals surface area contributed by atoms with Gasteiger partial charge in [0.15, 0.2) is 0 Å². The van der Waals surface area contributed by atoms with Crippen LogP contribution in [0, 0.1) is 11.7 Å². The van der Waals surface area contributed by atoms with Crippen molar-refractivity contribution in [3.63, 3.8) is 0 Å². The van der Waals surface area contributed by atoms with Crippen molar-refractivity contribution in [2.75, 3.05) is 13.1 Å². The highest BCUT2D eigenvalue weighted by atomic mass is 19.1. The van der Waals surface area contributed by atoms with Crippen LogP contribution in [-0.4, -0.2) is 34.6 Å². The molecule has 0 bridgehead atoms. The zero-order chi connectivity index (χ0) is 15.5. The van der Waals surface area contributed by atoms with Gasteiger partial charge in [0.25, 0.3) is 0 Å². The average Bonchev–Trinajstić information content (AvgIpc) is 2.44. The Bertz CT molecular complexity index is 484. The first-order valence-electron chi connectivity index (χ1n) is 7.63. The summed E-state index contributed by atoms with van der Waals surface area (Å²) in [5.74, 6) is 0.0240. The summed E-state index contributed by atoms with van der Waals surface area (Å²) in [5, 5.41) is 10.1. The van der Waals surface area contributed by atoms with Gasteiger partial charge in [-0.15, -0.1) is 0 Å². The van der Waals surface area contributed by atoms with E-state index in [2.05, 4.69) is 0 Å². The molecule has 0 aliphatic carbocycles. The second-order valence-corrected chi connectivity index (χ2v) is 6.33. The number of carbonyl (C=O) groups is 1. The van der Waals surface area contributed by atoms with Gasteiger partial charge in [0.1, 0.15) is 5.82 Å². The molecular weight excluding hydrogens is 269 g/mol. The molecule has 1 saturated heterocycles. The zero-order valence-electron chi connectivity index (χ0n) is 12.8. The van der Waals surface area contributed by atoms with Gasteiger partial charge < -0.3 is 10.0 Å². The number of likely N-dealkylation sites (tertiary alicyclic amines) is 1. The number of benzene rings is 1. The number of hydrogen-bond donors (Lipinski definition) is 1. The maximum atomic E-state index is 12.8. The molecule has 21 heavy (non-hydrogen) atoms. The van der Waals surface area contributed by atoms with Gasteiger partial charge in [-0.05, 0) is 43.9 Å². The summed E-state index contributed by atoms with van der Waals surface area (Å²) in [6, 6.07) is 6.43. The smallest absolute Gasteiger partial charge is 0.222 e. The number of nitrogens with zero attached hydrogens (tertiary/aromatic N) is 1. The molecule has 1 amide bonds. The van der Waals surface area contributed by atoms with E-state index in [1.54, 1.807) is 12.1 Å². The van der Waals surface area contributed by atoms with Gasteiger partial charge in [0, 0.05) is 25.4 Å². The molecule has 0 radical (unpaired) electrons. The average molecular weight is 293 g/mol. The third-order valence-corrected chi connectivity index (χ3v) is 4.57.